The Morgan fingerprint density at radius 2 is 1.85 bits per heavy atom. The smallest absolute Gasteiger partial charge is 0.253 e. The second kappa shape index (κ2) is 8.11. The van der Waals surface area contributed by atoms with E-state index in [4.69, 9.17) is 5.26 Å². The van der Waals surface area contributed by atoms with Gasteiger partial charge in [-0.05, 0) is 37.3 Å². The third-order valence-corrected chi connectivity index (χ3v) is 4.69. The van der Waals surface area contributed by atoms with Crippen LogP contribution in [0.15, 0.2) is 42.5 Å². The fraction of sp³-hybridized carbons (Fsp3) is 0.286. The summed E-state index contributed by atoms with van der Waals surface area (Å²) in [4.78, 5) is 28.6. The molecule has 2 aromatic carbocycles. The van der Waals surface area contributed by atoms with E-state index in [0.717, 1.165) is 5.56 Å². The van der Waals surface area contributed by atoms with Crippen LogP contribution < -0.4 is 0 Å². The van der Waals surface area contributed by atoms with Gasteiger partial charge in [-0.2, -0.15) is 5.26 Å². The minimum Gasteiger partial charge on any atom is -0.336 e. The van der Waals surface area contributed by atoms with Gasteiger partial charge in [0.15, 0.2) is 5.78 Å². The summed E-state index contributed by atoms with van der Waals surface area (Å²) in [5.74, 6) is -0.878. The van der Waals surface area contributed by atoms with Crippen LogP contribution in [-0.4, -0.2) is 54.2 Å². The lowest BCUT2D eigenvalue weighted by Crippen LogP contribution is -2.50. The summed E-state index contributed by atoms with van der Waals surface area (Å²) >= 11 is 0. The zero-order valence-electron chi connectivity index (χ0n) is 15.1. The molecule has 0 radical (unpaired) electrons. The molecule has 2 aromatic rings. The van der Waals surface area contributed by atoms with Crippen LogP contribution in [0.3, 0.4) is 0 Å². The lowest BCUT2D eigenvalue weighted by atomic mass is 10.1. The molecule has 0 saturated carbocycles. The molecule has 1 aliphatic heterocycles. The van der Waals surface area contributed by atoms with Gasteiger partial charge >= 0.3 is 0 Å². The summed E-state index contributed by atoms with van der Waals surface area (Å²) in [7, 11) is 0. The number of carbonyl (C=O) groups excluding carboxylic acids is 2. The van der Waals surface area contributed by atoms with Gasteiger partial charge in [-0.3, -0.25) is 14.5 Å². The molecule has 1 saturated heterocycles. The molecule has 1 heterocycles. The number of amides is 1. The largest absolute Gasteiger partial charge is 0.336 e. The monoisotopic (exact) mass is 365 g/mol. The molecule has 0 bridgehead atoms. The number of carbonyl (C=O) groups is 2. The summed E-state index contributed by atoms with van der Waals surface area (Å²) in [6, 6.07) is 13.2. The van der Waals surface area contributed by atoms with Gasteiger partial charge in [0.05, 0.1) is 23.7 Å². The number of nitriles is 1. The van der Waals surface area contributed by atoms with E-state index in [-0.39, 0.29) is 23.8 Å². The molecule has 1 aliphatic rings. The first-order valence-corrected chi connectivity index (χ1v) is 8.79. The second-order valence-electron chi connectivity index (χ2n) is 6.67. The predicted octanol–water partition coefficient (Wildman–Crippen LogP) is 2.65. The maximum Gasteiger partial charge on any atom is 0.253 e. The molecule has 3 rings (SSSR count). The summed E-state index contributed by atoms with van der Waals surface area (Å²) in [6.07, 6.45) is 0. The summed E-state index contributed by atoms with van der Waals surface area (Å²) in [6.45, 7) is 4.01. The normalized spacial score (nSPS) is 14.6. The predicted molar refractivity (Wildman–Crippen MR) is 99.0 cm³/mol. The van der Waals surface area contributed by atoms with Crippen LogP contribution in [0.4, 0.5) is 4.39 Å². The summed E-state index contributed by atoms with van der Waals surface area (Å²) in [5, 5.41) is 8.96. The van der Waals surface area contributed by atoms with Gasteiger partial charge in [0.2, 0.25) is 0 Å². The quantitative estimate of drug-likeness (QED) is 0.782. The Morgan fingerprint density at radius 1 is 1.11 bits per heavy atom. The highest BCUT2D eigenvalue weighted by molar-refractivity contribution is 5.98. The Kier molecular flexibility index (Phi) is 5.63. The van der Waals surface area contributed by atoms with Gasteiger partial charge in [0, 0.05) is 31.7 Å². The fourth-order valence-electron chi connectivity index (χ4n) is 3.15. The molecule has 1 amide bonds. The zero-order valence-corrected chi connectivity index (χ0v) is 15.1. The Hall–Kier alpha value is -3.04. The average molecular weight is 365 g/mol. The lowest BCUT2D eigenvalue weighted by Gasteiger charge is -2.34. The molecular formula is C21H20FN3O2. The van der Waals surface area contributed by atoms with Crippen molar-refractivity contribution in [2.45, 2.75) is 6.92 Å². The molecule has 0 N–H and O–H groups in total. The number of halogens is 1. The van der Waals surface area contributed by atoms with Crippen molar-refractivity contribution in [1.82, 2.24) is 9.80 Å². The maximum absolute atomic E-state index is 13.9. The molecule has 27 heavy (non-hydrogen) atoms. The Morgan fingerprint density at radius 3 is 2.56 bits per heavy atom. The minimum atomic E-state index is -0.503. The van der Waals surface area contributed by atoms with Gasteiger partial charge < -0.3 is 4.90 Å². The van der Waals surface area contributed by atoms with E-state index in [9.17, 15) is 14.0 Å². The molecule has 1 fully saturated rings. The number of nitrogens with zero attached hydrogens (tertiary/aromatic N) is 3. The SMILES string of the molecule is Cc1ccc(F)c(C(=O)CN2CCN(C(=O)c3cccc(C#N)c3)CC2)c1. The Balaban J connectivity index is 1.58. The number of rotatable bonds is 4. The van der Waals surface area contributed by atoms with Gasteiger partial charge in [0.1, 0.15) is 5.82 Å². The van der Waals surface area contributed by atoms with E-state index >= 15 is 0 Å². The van der Waals surface area contributed by atoms with Gasteiger partial charge in [0.25, 0.3) is 5.91 Å². The summed E-state index contributed by atoms with van der Waals surface area (Å²) < 4.78 is 13.9. The highest BCUT2D eigenvalue weighted by Crippen LogP contribution is 2.14. The minimum absolute atomic E-state index is 0.113. The first kappa shape index (κ1) is 18.7. The van der Waals surface area contributed by atoms with Gasteiger partial charge in [-0.15, -0.1) is 0 Å². The fourth-order valence-corrected chi connectivity index (χ4v) is 3.15. The third kappa shape index (κ3) is 4.39. The number of benzene rings is 2. The van der Waals surface area contributed by atoms with E-state index < -0.39 is 5.82 Å². The topological polar surface area (TPSA) is 64.4 Å². The van der Waals surface area contributed by atoms with Crippen molar-refractivity contribution in [3.8, 4) is 6.07 Å². The molecular weight excluding hydrogens is 345 g/mol. The number of hydrogen-bond donors (Lipinski definition) is 0. The van der Waals surface area contributed by atoms with Crippen molar-refractivity contribution < 1.29 is 14.0 Å². The number of hydrogen-bond acceptors (Lipinski definition) is 4. The first-order chi connectivity index (χ1) is 13.0. The number of aryl methyl sites for hydroxylation is 1. The second-order valence-corrected chi connectivity index (χ2v) is 6.67. The van der Waals surface area contributed by atoms with Crippen LogP contribution >= 0.6 is 0 Å². The van der Waals surface area contributed by atoms with E-state index in [1.54, 1.807) is 41.3 Å². The zero-order chi connectivity index (χ0) is 19.4. The number of ketones is 1. The molecule has 5 nitrogen and oxygen atoms in total. The third-order valence-electron chi connectivity index (χ3n) is 4.69. The van der Waals surface area contributed by atoms with Crippen LogP contribution in [-0.2, 0) is 0 Å². The molecule has 0 spiro atoms. The van der Waals surface area contributed by atoms with Crippen molar-refractivity contribution in [2.75, 3.05) is 32.7 Å². The maximum atomic E-state index is 13.9. The Labute approximate surface area is 157 Å². The summed E-state index contributed by atoms with van der Waals surface area (Å²) in [5.41, 5.74) is 1.89. The highest BCUT2D eigenvalue weighted by atomic mass is 19.1. The van der Waals surface area contributed by atoms with Crippen molar-refractivity contribution >= 4 is 11.7 Å². The van der Waals surface area contributed by atoms with Crippen molar-refractivity contribution in [3.05, 3.63) is 70.5 Å². The van der Waals surface area contributed by atoms with Gasteiger partial charge in [-0.25, -0.2) is 4.39 Å². The van der Waals surface area contributed by atoms with E-state index in [2.05, 4.69) is 0 Å². The molecule has 6 heteroatoms. The van der Waals surface area contributed by atoms with E-state index in [1.165, 1.54) is 6.07 Å². The number of piperazine rings is 1. The van der Waals surface area contributed by atoms with Crippen molar-refractivity contribution in [2.24, 2.45) is 0 Å². The average Bonchev–Trinajstić information content (AvgIpc) is 2.69. The van der Waals surface area contributed by atoms with Crippen LogP contribution in [0, 0.1) is 24.1 Å². The Bertz CT molecular complexity index is 912. The van der Waals surface area contributed by atoms with Crippen molar-refractivity contribution in [1.29, 1.82) is 5.26 Å². The highest BCUT2D eigenvalue weighted by Gasteiger charge is 2.24. The lowest BCUT2D eigenvalue weighted by molar-refractivity contribution is 0.0624. The molecule has 0 aliphatic carbocycles. The van der Waals surface area contributed by atoms with E-state index in [0.29, 0.717) is 37.3 Å². The van der Waals surface area contributed by atoms with Crippen LogP contribution in [0.5, 0.6) is 0 Å². The van der Waals surface area contributed by atoms with Crippen LogP contribution in [0.25, 0.3) is 0 Å². The molecule has 0 atom stereocenters. The van der Waals surface area contributed by atoms with E-state index in [1.807, 2.05) is 17.9 Å². The van der Waals surface area contributed by atoms with Crippen LogP contribution in [0.2, 0.25) is 0 Å². The standard InChI is InChI=1S/C21H20FN3O2/c1-15-5-6-19(22)18(11-15)20(26)14-24-7-9-25(10-8-24)21(27)17-4-2-3-16(12-17)13-23/h2-6,11-12H,7-10,14H2,1H3. The van der Waals surface area contributed by atoms with Crippen molar-refractivity contribution in [3.63, 3.8) is 0 Å². The molecule has 0 unspecified atom stereocenters. The first-order valence-electron chi connectivity index (χ1n) is 8.79. The molecule has 0 aromatic heterocycles. The number of Topliss-reactive ketones (excluding diaryl/α,β-unsaturated/α-hetero) is 1. The molecule has 138 valence electrons. The van der Waals surface area contributed by atoms with Gasteiger partial charge in [-0.1, -0.05) is 17.7 Å². The van der Waals surface area contributed by atoms with Crippen LogP contribution in [0.1, 0.15) is 31.8 Å².